The molecule has 0 aliphatic carbocycles. The van der Waals surface area contributed by atoms with Crippen LogP contribution in [0.2, 0.25) is 0 Å². The molecule has 23 heavy (non-hydrogen) atoms. The van der Waals surface area contributed by atoms with Crippen LogP contribution in [0.25, 0.3) is 15.9 Å². The van der Waals surface area contributed by atoms with E-state index in [0.29, 0.717) is 6.42 Å². The van der Waals surface area contributed by atoms with Crippen LogP contribution in [0, 0.1) is 6.92 Å². The number of aromatic nitrogens is 4. The third-order valence-corrected chi connectivity index (χ3v) is 6.88. The molecule has 120 valence electrons. The van der Waals surface area contributed by atoms with Gasteiger partial charge >= 0.3 is 0 Å². The molecule has 0 spiro atoms. The van der Waals surface area contributed by atoms with Gasteiger partial charge in [0, 0.05) is 5.92 Å². The summed E-state index contributed by atoms with van der Waals surface area (Å²) < 4.78 is 26.7. The van der Waals surface area contributed by atoms with E-state index in [4.69, 9.17) is 0 Å². The van der Waals surface area contributed by atoms with Crippen molar-refractivity contribution in [1.29, 1.82) is 0 Å². The molecule has 3 heterocycles. The lowest BCUT2D eigenvalue weighted by atomic mass is 10.0. The Bertz CT molecular complexity index is 974. The van der Waals surface area contributed by atoms with E-state index in [-0.39, 0.29) is 17.4 Å². The van der Waals surface area contributed by atoms with Gasteiger partial charge in [0.25, 0.3) is 0 Å². The van der Waals surface area contributed by atoms with Crippen LogP contribution in [0.3, 0.4) is 0 Å². The van der Waals surface area contributed by atoms with Gasteiger partial charge in [0.05, 0.1) is 32.4 Å². The number of rotatable bonds is 2. The zero-order valence-electron chi connectivity index (χ0n) is 12.6. The van der Waals surface area contributed by atoms with Gasteiger partial charge in [-0.3, -0.25) is 0 Å². The monoisotopic (exact) mass is 348 g/mol. The van der Waals surface area contributed by atoms with Crippen molar-refractivity contribution in [1.82, 2.24) is 19.7 Å². The molecular weight excluding hydrogens is 332 g/mol. The minimum absolute atomic E-state index is 0.0878. The second kappa shape index (κ2) is 5.38. The highest BCUT2D eigenvalue weighted by Crippen LogP contribution is 2.29. The predicted octanol–water partition coefficient (Wildman–Crippen LogP) is 2.48. The smallest absolute Gasteiger partial charge is 0.151 e. The molecule has 4 rings (SSSR count). The maximum Gasteiger partial charge on any atom is 0.151 e. The number of benzene rings is 1. The van der Waals surface area contributed by atoms with Gasteiger partial charge < -0.3 is 0 Å². The molecule has 6 nitrogen and oxygen atoms in total. The number of sulfone groups is 1. The Morgan fingerprint density at radius 1 is 1.35 bits per heavy atom. The average Bonchev–Trinajstić information content (AvgIpc) is 3.10. The summed E-state index contributed by atoms with van der Waals surface area (Å²) in [6.45, 7) is 1.98. The summed E-state index contributed by atoms with van der Waals surface area (Å²) in [5.41, 5.74) is 1.87. The van der Waals surface area contributed by atoms with E-state index in [0.717, 1.165) is 33.2 Å². The molecule has 0 saturated carbocycles. The van der Waals surface area contributed by atoms with Crippen LogP contribution in [0.5, 0.6) is 0 Å². The lowest BCUT2D eigenvalue weighted by molar-refractivity contribution is 0.537. The third-order valence-electron chi connectivity index (χ3n) is 4.13. The molecule has 0 N–H and O–H groups in total. The maximum atomic E-state index is 11.9. The first-order valence-electron chi connectivity index (χ1n) is 7.50. The molecule has 1 fully saturated rings. The molecule has 1 aliphatic rings. The van der Waals surface area contributed by atoms with Crippen molar-refractivity contribution in [3.05, 3.63) is 35.4 Å². The van der Waals surface area contributed by atoms with Gasteiger partial charge in [-0.25, -0.2) is 23.1 Å². The summed E-state index contributed by atoms with van der Waals surface area (Å²) in [6, 6.07) is 5.96. The van der Waals surface area contributed by atoms with Gasteiger partial charge in [0.15, 0.2) is 9.84 Å². The van der Waals surface area contributed by atoms with E-state index >= 15 is 0 Å². The normalized spacial score (nSPS) is 20.8. The summed E-state index contributed by atoms with van der Waals surface area (Å²) in [5.74, 6) is 1.08. The first-order chi connectivity index (χ1) is 11.0. The van der Waals surface area contributed by atoms with E-state index in [1.54, 1.807) is 16.0 Å². The van der Waals surface area contributed by atoms with Crippen LogP contribution >= 0.6 is 11.3 Å². The van der Waals surface area contributed by atoms with Crippen molar-refractivity contribution in [2.45, 2.75) is 25.7 Å². The van der Waals surface area contributed by atoms with Gasteiger partial charge in [-0.1, -0.05) is 0 Å². The predicted molar refractivity (Wildman–Crippen MR) is 89.9 cm³/mol. The molecule has 0 amide bonds. The molecule has 8 heteroatoms. The largest absolute Gasteiger partial charge is 0.242 e. The zero-order valence-corrected chi connectivity index (χ0v) is 14.3. The molecular formula is C15H16N4O2S2. The fourth-order valence-corrected chi connectivity index (χ4v) is 5.68. The molecule has 1 aliphatic heterocycles. The highest BCUT2D eigenvalue weighted by atomic mass is 32.2. The van der Waals surface area contributed by atoms with Crippen LogP contribution < -0.4 is 0 Å². The highest BCUT2D eigenvalue weighted by Gasteiger charge is 2.29. The fourth-order valence-electron chi connectivity index (χ4n) is 3.11. The lowest BCUT2D eigenvalue weighted by Gasteiger charge is -2.21. The number of fused-ring (bicyclic) bond motifs is 1. The fraction of sp³-hybridized carbons (Fsp3) is 0.400. The van der Waals surface area contributed by atoms with Crippen molar-refractivity contribution in [2.75, 3.05) is 11.5 Å². The Morgan fingerprint density at radius 3 is 3.04 bits per heavy atom. The molecule has 0 unspecified atom stereocenters. The highest BCUT2D eigenvalue weighted by molar-refractivity contribution is 7.91. The molecule has 2 aromatic heterocycles. The van der Waals surface area contributed by atoms with Crippen molar-refractivity contribution in [2.24, 2.45) is 0 Å². The quantitative estimate of drug-likeness (QED) is 0.711. The molecule has 3 aromatic rings. The van der Waals surface area contributed by atoms with Crippen LogP contribution in [-0.4, -0.2) is 39.7 Å². The first kappa shape index (κ1) is 14.8. The molecule has 1 atom stereocenters. The van der Waals surface area contributed by atoms with Crippen molar-refractivity contribution < 1.29 is 8.42 Å². The van der Waals surface area contributed by atoms with Gasteiger partial charge in [-0.15, -0.1) is 11.3 Å². The van der Waals surface area contributed by atoms with Crippen molar-refractivity contribution >= 4 is 31.4 Å². The molecule has 1 saturated heterocycles. The van der Waals surface area contributed by atoms with Crippen LogP contribution in [0.1, 0.15) is 29.6 Å². The summed E-state index contributed by atoms with van der Waals surface area (Å²) in [5, 5.41) is 5.34. The summed E-state index contributed by atoms with van der Waals surface area (Å²) >= 11 is 1.64. The Labute approximate surface area is 138 Å². The summed E-state index contributed by atoms with van der Waals surface area (Å²) in [4.78, 5) is 8.80. The van der Waals surface area contributed by atoms with Gasteiger partial charge in [0.2, 0.25) is 0 Å². The maximum absolute atomic E-state index is 11.9. The first-order valence-corrected chi connectivity index (χ1v) is 10.1. The second-order valence-corrected chi connectivity index (χ2v) is 9.33. The minimum atomic E-state index is -2.98. The molecule has 0 radical (unpaired) electrons. The molecule has 1 aromatic carbocycles. The molecule has 0 bridgehead atoms. The number of aryl methyl sites for hydroxylation is 1. The van der Waals surface area contributed by atoms with E-state index in [1.165, 1.54) is 6.33 Å². The van der Waals surface area contributed by atoms with Crippen molar-refractivity contribution in [3.8, 4) is 5.69 Å². The SMILES string of the molecule is Cc1nc2ccc(-n3ncnc3[C@H]3CCCS(=O)(=O)C3)cc2s1. The minimum Gasteiger partial charge on any atom is -0.242 e. The van der Waals surface area contributed by atoms with Crippen LogP contribution in [-0.2, 0) is 9.84 Å². The van der Waals surface area contributed by atoms with Crippen LogP contribution in [0.4, 0.5) is 0 Å². The number of thiazole rings is 1. The summed E-state index contributed by atoms with van der Waals surface area (Å²) in [7, 11) is -2.98. The topological polar surface area (TPSA) is 77.7 Å². The number of hydrogen-bond acceptors (Lipinski definition) is 6. The zero-order chi connectivity index (χ0) is 16.0. The number of nitrogens with zero attached hydrogens (tertiary/aromatic N) is 4. The Kier molecular flexibility index (Phi) is 3.46. The van der Waals surface area contributed by atoms with E-state index in [1.807, 2.05) is 25.1 Å². The Balaban J connectivity index is 1.76. The summed E-state index contributed by atoms with van der Waals surface area (Å²) in [6.07, 6.45) is 3.02. The second-order valence-electron chi connectivity index (χ2n) is 5.87. The van der Waals surface area contributed by atoms with Crippen LogP contribution in [0.15, 0.2) is 24.5 Å². The standard InChI is InChI=1S/C15H16N4O2S2/c1-10-18-13-5-4-12(7-14(13)22-10)19-15(16-9-17-19)11-3-2-6-23(20,21)8-11/h4-5,7,9,11H,2-3,6,8H2,1H3/t11-/m0/s1. The Morgan fingerprint density at radius 2 is 2.22 bits per heavy atom. The van der Waals surface area contributed by atoms with E-state index < -0.39 is 9.84 Å². The van der Waals surface area contributed by atoms with Gasteiger partial charge in [0.1, 0.15) is 12.2 Å². The Hall–Kier alpha value is -1.80. The van der Waals surface area contributed by atoms with E-state index in [2.05, 4.69) is 15.1 Å². The van der Waals surface area contributed by atoms with Gasteiger partial charge in [-0.2, -0.15) is 5.10 Å². The average molecular weight is 348 g/mol. The van der Waals surface area contributed by atoms with Gasteiger partial charge in [-0.05, 0) is 38.0 Å². The van der Waals surface area contributed by atoms with Crippen molar-refractivity contribution in [3.63, 3.8) is 0 Å². The van der Waals surface area contributed by atoms with E-state index in [9.17, 15) is 8.42 Å². The third kappa shape index (κ3) is 2.76. The lowest BCUT2D eigenvalue weighted by Crippen LogP contribution is -2.25. The number of hydrogen-bond donors (Lipinski definition) is 0.